The average Bonchev–Trinajstić information content (AvgIpc) is 2.59. The van der Waals surface area contributed by atoms with Crippen LogP contribution < -0.4 is 14.8 Å². The Hall–Kier alpha value is -2.53. The van der Waals surface area contributed by atoms with Crippen LogP contribution in [0.25, 0.3) is 6.08 Å². The number of nitrogens with one attached hydrogen (secondary N) is 1. The maximum Gasteiger partial charge on any atom is 0.219 e. The predicted octanol–water partition coefficient (Wildman–Crippen LogP) is 5.00. The van der Waals surface area contributed by atoms with Crippen molar-refractivity contribution in [3.8, 4) is 17.4 Å². The number of hydrogen-bond donors (Lipinski definition) is 1. The van der Waals surface area contributed by atoms with Crippen LogP contribution in [0.3, 0.4) is 0 Å². The molecule has 1 amide bonds. The van der Waals surface area contributed by atoms with E-state index in [1.807, 2.05) is 31.2 Å². The Kier molecular flexibility index (Phi) is 6.35. The van der Waals surface area contributed by atoms with E-state index in [4.69, 9.17) is 21.1 Å². The zero-order chi connectivity index (χ0) is 19.2. The van der Waals surface area contributed by atoms with E-state index in [-0.39, 0.29) is 11.9 Å². The van der Waals surface area contributed by atoms with E-state index in [9.17, 15) is 4.79 Å². The first-order valence-electron chi connectivity index (χ1n) is 9.05. The van der Waals surface area contributed by atoms with Gasteiger partial charge in [-0.15, -0.1) is 0 Å². The number of hydrogen-bond acceptors (Lipinski definition) is 4. The number of rotatable bonds is 7. The minimum absolute atomic E-state index is 0.0436. The Bertz CT molecular complexity index is 817. The van der Waals surface area contributed by atoms with Crippen molar-refractivity contribution in [2.24, 2.45) is 0 Å². The monoisotopic (exact) mass is 386 g/mol. The molecule has 6 heteroatoms. The van der Waals surface area contributed by atoms with Gasteiger partial charge in [-0.3, -0.25) is 4.79 Å². The molecule has 1 N–H and O–H groups in total. The van der Waals surface area contributed by atoms with Crippen molar-refractivity contribution in [3.05, 3.63) is 53.2 Å². The van der Waals surface area contributed by atoms with Crippen LogP contribution in [0.15, 0.2) is 42.6 Å². The van der Waals surface area contributed by atoms with Gasteiger partial charge in [0.25, 0.3) is 0 Å². The number of nitrogens with zero attached hydrogens (tertiary/aromatic N) is 1. The molecule has 0 unspecified atom stereocenters. The highest BCUT2D eigenvalue weighted by atomic mass is 35.5. The molecule has 1 heterocycles. The third kappa shape index (κ3) is 5.73. The second-order valence-corrected chi connectivity index (χ2v) is 7.05. The van der Waals surface area contributed by atoms with Crippen LogP contribution >= 0.6 is 11.6 Å². The summed E-state index contributed by atoms with van der Waals surface area (Å²) in [6.07, 6.45) is 9.24. The first kappa shape index (κ1) is 19.2. The molecule has 1 aliphatic rings. The largest absolute Gasteiger partial charge is 0.490 e. The molecule has 27 heavy (non-hydrogen) atoms. The van der Waals surface area contributed by atoms with Crippen molar-refractivity contribution in [2.45, 2.75) is 45.3 Å². The summed E-state index contributed by atoms with van der Waals surface area (Å²) in [5.41, 5.74) is 0.912. The highest BCUT2D eigenvalue weighted by Gasteiger charge is 2.19. The Morgan fingerprint density at radius 3 is 2.74 bits per heavy atom. The Labute approximate surface area is 164 Å². The highest BCUT2D eigenvalue weighted by Crippen LogP contribution is 2.33. The lowest BCUT2D eigenvalue weighted by Gasteiger charge is -2.26. The number of pyridine rings is 1. The molecule has 0 bridgehead atoms. The quantitative estimate of drug-likeness (QED) is 0.727. The number of aromatic nitrogens is 1. The summed E-state index contributed by atoms with van der Waals surface area (Å²) in [4.78, 5) is 15.3. The third-order valence-electron chi connectivity index (χ3n) is 4.24. The van der Waals surface area contributed by atoms with E-state index in [0.29, 0.717) is 22.8 Å². The molecule has 2 aromatic rings. The van der Waals surface area contributed by atoms with Gasteiger partial charge >= 0.3 is 0 Å². The van der Waals surface area contributed by atoms with Gasteiger partial charge in [-0.05, 0) is 49.9 Å². The molecular weight excluding hydrogens is 364 g/mol. The fraction of sp³-hybridized carbons (Fsp3) is 0.333. The summed E-state index contributed by atoms with van der Waals surface area (Å²) in [5, 5.41) is 3.28. The fourth-order valence-corrected chi connectivity index (χ4v) is 2.82. The van der Waals surface area contributed by atoms with E-state index >= 15 is 0 Å². The number of ether oxygens (including phenoxy) is 2. The van der Waals surface area contributed by atoms with Crippen LogP contribution in [-0.2, 0) is 4.79 Å². The minimum Gasteiger partial charge on any atom is -0.490 e. The molecule has 1 fully saturated rings. The summed E-state index contributed by atoms with van der Waals surface area (Å²) in [6.45, 7) is 3.40. The van der Waals surface area contributed by atoms with Crippen molar-refractivity contribution < 1.29 is 14.3 Å². The molecule has 0 spiro atoms. The van der Waals surface area contributed by atoms with Crippen LogP contribution in [0.5, 0.6) is 17.4 Å². The van der Waals surface area contributed by atoms with E-state index in [2.05, 4.69) is 10.3 Å². The maximum absolute atomic E-state index is 11.0. The summed E-state index contributed by atoms with van der Waals surface area (Å²) in [7, 11) is 0. The van der Waals surface area contributed by atoms with Crippen molar-refractivity contribution in [1.29, 1.82) is 0 Å². The Morgan fingerprint density at radius 1 is 1.33 bits per heavy atom. The molecule has 5 nitrogen and oxygen atoms in total. The first-order chi connectivity index (χ1) is 13.0. The van der Waals surface area contributed by atoms with E-state index in [0.717, 1.165) is 24.2 Å². The predicted molar refractivity (Wildman–Crippen MR) is 106 cm³/mol. The van der Waals surface area contributed by atoms with Gasteiger partial charge in [-0.2, -0.15) is 0 Å². The van der Waals surface area contributed by atoms with E-state index < -0.39 is 0 Å². The molecule has 0 saturated heterocycles. The van der Waals surface area contributed by atoms with Crippen molar-refractivity contribution in [3.63, 3.8) is 0 Å². The lowest BCUT2D eigenvalue weighted by atomic mass is 9.96. The lowest BCUT2D eigenvalue weighted by molar-refractivity contribution is -0.119. The minimum atomic E-state index is -0.0602. The van der Waals surface area contributed by atoms with Crippen LogP contribution in [0.2, 0.25) is 5.02 Å². The highest BCUT2D eigenvalue weighted by molar-refractivity contribution is 6.32. The SMILES string of the molecule is CC(=O)N[C@@H](C)C=Cc1ccc(Oc2ccc(OC3CCC3)cc2Cl)nc1. The van der Waals surface area contributed by atoms with Gasteiger partial charge in [-0.1, -0.05) is 23.8 Å². The molecule has 1 aromatic heterocycles. The maximum atomic E-state index is 11.0. The van der Waals surface area contributed by atoms with Crippen LogP contribution in [0.4, 0.5) is 0 Å². The zero-order valence-electron chi connectivity index (χ0n) is 15.4. The number of benzene rings is 1. The van der Waals surface area contributed by atoms with E-state index in [1.54, 1.807) is 24.4 Å². The Balaban J connectivity index is 1.59. The number of carbonyl (C=O) groups excluding carboxylic acids is 1. The normalized spacial score (nSPS) is 15.2. The molecular formula is C21H23ClN2O3. The topological polar surface area (TPSA) is 60.5 Å². The summed E-state index contributed by atoms with van der Waals surface area (Å²) >= 11 is 6.30. The van der Waals surface area contributed by atoms with Crippen LogP contribution in [-0.4, -0.2) is 23.0 Å². The lowest BCUT2D eigenvalue weighted by Crippen LogP contribution is -2.28. The van der Waals surface area contributed by atoms with Crippen LogP contribution in [0, 0.1) is 0 Å². The van der Waals surface area contributed by atoms with Gasteiger partial charge in [-0.25, -0.2) is 4.98 Å². The number of carbonyl (C=O) groups is 1. The van der Waals surface area contributed by atoms with Crippen LogP contribution in [0.1, 0.15) is 38.7 Å². The zero-order valence-corrected chi connectivity index (χ0v) is 16.2. The standard InChI is InChI=1S/C21H23ClN2O3/c1-14(24-15(2)25)6-7-16-8-11-21(23-13-16)27-20-10-9-18(12-19(20)22)26-17-4-3-5-17/h6-14,17H,3-5H2,1-2H3,(H,24,25)/t14-/m0/s1. The second-order valence-electron chi connectivity index (χ2n) is 6.64. The molecule has 1 aromatic carbocycles. The second kappa shape index (κ2) is 8.91. The summed E-state index contributed by atoms with van der Waals surface area (Å²) in [5.74, 6) is 1.69. The molecule has 142 valence electrons. The van der Waals surface area contributed by atoms with Gasteiger partial charge in [0.05, 0.1) is 11.1 Å². The molecule has 1 aliphatic carbocycles. The molecule has 3 rings (SSSR count). The van der Waals surface area contributed by atoms with Crippen molar-refractivity contribution in [2.75, 3.05) is 0 Å². The third-order valence-corrected chi connectivity index (χ3v) is 4.54. The van der Waals surface area contributed by atoms with Gasteiger partial charge in [0.2, 0.25) is 11.8 Å². The smallest absolute Gasteiger partial charge is 0.219 e. The van der Waals surface area contributed by atoms with Crippen molar-refractivity contribution >= 4 is 23.6 Å². The average molecular weight is 387 g/mol. The van der Waals surface area contributed by atoms with Gasteiger partial charge in [0, 0.05) is 31.3 Å². The summed E-state index contributed by atoms with van der Waals surface area (Å²) in [6, 6.07) is 9.05. The first-order valence-corrected chi connectivity index (χ1v) is 9.43. The number of amides is 1. The van der Waals surface area contributed by atoms with Gasteiger partial charge < -0.3 is 14.8 Å². The molecule has 0 aliphatic heterocycles. The van der Waals surface area contributed by atoms with Gasteiger partial charge in [0.15, 0.2) is 0 Å². The van der Waals surface area contributed by atoms with E-state index in [1.165, 1.54) is 13.3 Å². The van der Waals surface area contributed by atoms with Gasteiger partial charge in [0.1, 0.15) is 11.5 Å². The number of halogens is 1. The molecule has 0 radical (unpaired) electrons. The Morgan fingerprint density at radius 2 is 2.15 bits per heavy atom. The molecule has 1 saturated carbocycles. The fourth-order valence-electron chi connectivity index (χ4n) is 2.61. The van der Waals surface area contributed by atoms with Crippen molar-refractivity contribution in [1.82, 2.24) is 10.3 Å². The summed E-state index contributed by atoms with van der Waals surface area (Å²) < 4.78 is 11.6. The molecule has 1 atom stereocenters.